The van der Waals surface area contributed by atoms with Gasteiger partial charge >= 0.3 is 0 Å². The predicted molar refractivity (Wildman–Crippen MR) is 147 cm³/mol. The first kappa shape index (κ1) is 25.1. The molecule has 0 unspecified atom stereocenters. The molecule has 4 heterocycles. The molecule has 13 heteroatoms. The molecular formula is C24H17ClN8OS3. The van der Waals surface area contributed by atoms with Gasteiger partial charge in [-0.05, 0) is 84.3 Å². The highest BCUT2D eigenvalue weighted by Crippen LogP contribution is 2.29. The van der Waals surface area contributed by atoms with E-state index in [-0.39, 0.29) is 0 Å². The van der Waals surface area contributed by atoms with Gasteiger partial charge in [-0.25, -0.2) is 29.9 Å². The molecule has 0 saturated carbocycles. The van der Waals surface area contributed by atoms with E-state index < -0.39 is 0 Å². The summed E-state index contributed by atoms with van der Waals surface area (Å²) in [4.78, 5) is 26.1. The van der Waals surface area contributed by atoms with Gasteiger partial charge in [0.25, 0.3) is 0 Å². The van der Waals surface area contributed by atoms with Gasteiger partial charge in [-0.15, -0.1) is 0 Å². The van der Waals surface area contributed by atoms with Gasteiger partial charge in [0.2, 0.25) is 5.95 Å². The van der Waals surface area contributed by atoms with Gasteiger partial charge in [-0.3, -0.25) is 0 Å². The Bertz CT molecular complexity index is 1430. The maximum absolute atomic E-state index is 5.97. The molecule has 37 heavy (non-hydrogen) atoms. The summed E-state index contributed by atoms with van der Waals surface area (Å²) in [5.74, 6) is 1.78. The lowest BCUT2D eigenvalue weighted by molar-refractivity contribution is 0.516. The summed E-state index contributed by atoms with van der Waals surface area (Å²) >= 11 is 14.1. The minimum Gasteiger partial charge on any atom is -0.459 e. The number of furan rings is 1. The Hall–Kier alpha value is -3.58. The molecule has 0 aliphatic heterocycles. The van der Waals surface area contributed by atoms with Crippen LogP contribution >= 0.6 is 47.3 Å². The largest absolute Gasteiger partial charge is 0.459 e. The first-order valence-electron chi connectivity index (χ1n) is 10.8. The maximum atomic E-state index is 5.97. The number of halogens is 1. The molecule has 184 valence electrons. The van der Waals surface area contributed by atoms with Gasteiger partial charge in [0.1, 0.15) is 21.6 Å². The summed E-state index contributed by atoms with van der Waals surface area (Å²) in [6.07, 6.45) is 6.70. The van der Waals surface area contributed by atoms with Gasteiger partial charge in [0.05, 0.1) is 6.54 Å². The van der Waals surface area contributed by atoms with Gasteiger partial charge in [-0.2, -0.15) is 0 Å². The Labute approximate surface area is 231 Å². The minimum absolute atomic E-state index is 0.318. The zero-order chi connectivity index (χ0) is 25.5. The van der Waals surface area contributed by atoms with E-state index in [1.807, 2.05) is 42.5 Å². The highest BCUT2D eigenvalue weighted by Gasteiger charge is 2.12. The van der Waals surface area contributed by atoms with Crippen molar-refractivity contribution < 1.29 is 4.42 Å². The molecule has 0 amide bonds. The molecular weight excluding hydrogens is 548 g/mol. The van der Waals surface area contributed by atoms with Crippen LogP contribution in [0.15, 0.2) is 104 Å². The molecule has 0 aliphatic carbocycles. The van der Waals surface area contributed by atoms with E-state index in [0.717, 1.165) is 17.1 Å². The van der Waals surface area contributed by atoms with Crippen LogP contribution in [0, 0.1) is 0 Å². The molecule has 4 aromatic heterocycles. The third kappa shape index (κ3) is 7.23. The lowest BCUT2D eigenvalue weighted by Gasteiger charge is -2.10. The molecule has 0 spiro atoms. The van der Waals surface area contributed by atoms with Crippen LogP contribution in [0.3, 0.4) is 0 Å². The molecule has 5 aromatic rings. The van der Waals surface area contributed by atoms with Crippen molar-refractivity contribution in [3.8, 4) is 11.3 Å². The van der Waals surface area contributed by atoms with Crippen molar-refractivity contribution in [2.75, 3.05) is 5.32 Å². The van der Waals surface area contributed by atoms with Crippen LogP contribution in [0.2, 0.25) is 5.02 Å². The van der Waals surface area contributed by atoms with Crippen molar-refractivity contribution in [2.45, 2.75) is 26.9 Å². The van der Waals surface area contributed by atoms with E-state index in [9.17, 15) is 0 Å². The standard InChI is InChI=1S/C24H17ClN8OS3/c25-16-5-3-15(4-6-16)18-8-7-17(34-18)14-30-22(35)33-21-31-19(36-23-26-9-1-10-27-23)13-20(32-21)37-24-28-11-2-12-29-24/h1-13H,14H2,(H2,30,31,32,33,35). The highest BCUT2D eigenvalue weighted by atomic mass is 35.5. The van der Waals surface area contributed by atoms with Crippen molar-refractivity contribution in [3.63, 3.8) is 0 Å². The molecule has 0 atom stereocenters. The number of rotatable bonds is 8. The summed E-state index contributed by atoms with van der Waals surface area (Å²) in [6.45, 7) is 0.380. The minimum atomic E-state index is 0.318. The second-order valence-corrected chi connectivity index (χ2v) is 10.0. The summed E-state index contributed by atoms with van der Waals surface area (Å²) in [6, 6.07) is 16.6. The fraction of sp³-hybridized carbons (Fsp3) is 0.0417. The number of benzene rings is 1. The molecule has 2 N–H and O–H groups in total. The Morgan fingerprint density at radius 3 is 2.03 bits per heavy atom. The van der Waals surface area contributed by atoms with Crippen LogP contribution in [0.1, 0.15) is 5.76 Å². The van der Waals surface area contributed by atoms with Gasteiger partial charge < -0.3 is 15.1 Å². The molecule has 0 aliphatic rings. The van der Waals surface area contributed by atoms with Gasteiger partial charge in [0.15, 0.2) is 15.4 Å². The maximum Gasteiger partial charge on any atom is 0.231 e. The normalized spacial score (nSPS) is 10.7. The molecule has 1 aromatic carbocycles. The van der Waals surface area contributed by atoms with Crippen LogP contribution in [0.4, 0.5) is 5.95 Å². The fourth-order valence-electron chi connectivity index (χ4n) is 2.98. The monoisotopic (exact) mass is 564 g/mol. The van der Waals surface area contributed by atoms with E-state index in [1.165, 1.54) is 23.5 Å². The van der Waals surface area contributed by atoms with Crippen molar-refractivity contribution in [1.82, 2.24) is 35.2 Å². The number of nitrogens with one attached hydrogen (secondary N) is 2. The van der Waals surface area contributed by atoms with E-state index >= 15 is 0 Å². The number of anilines is 1. The van der Waals surface area contributed by atoms with Crippen LogP contribution in [-0.4, -0.2) is 35.0 Å². The molecule has 9 nitrogen and oxygen atoms in total. The number of thiocarbonyl (C=S) groups is 1. The first-order chi connectivity index (χ1) is 18.1. The van der Waals surface area contributed by atoms with Crippen molar-refractivity contribution in [2.24, 2.45) is 0 Å². The van der Waals surface area contributed by atoms with E-state index in [2.05, 4.69) is 40.5 Å². The SMILES string of the molecule is S=C(NCc1ccc(-c2ccc(Cl)cc2)o1)Nc1nc(Sc2ncccn2)cc(Sc2ncccn2)n1. The number of hydrogen-bond acceptors (Lipinski definition) is 10. The van der Waals surface area contributed by atoms with E-state index in [4.69, 9.17) is 28.2 Å². The molecule has 0 bridgehead atoms. The smallest absolute Gasteiger partial charge is 0.231 e. The van der Waals surface area contributed by atoms with Crippen LogP contribution in [0.5, 0.6) is 0 Å². The zero-order valence-corrected chi connectivity index (χ0v) is 22.1. The van der Waals surface area contributed by atoms with Crippen LogP contribution < -0.4 is 10.6 Å². The van der Waals surface area contributed by atoms with Gasteiger partial charge in [0, 0.05) is 41.4 Å². The van der Waals surface area contributed by atoms with E-state index in [0.29, 0.717) is 43.0 Å². The second kappa shape index (κ2) is 12.1. The average Bonchev–Trinajstić information content (AvgIpc) is 3.38. The lowest BCUT2D eigenvalue weighted by atomic mass is 10.2. The predicted octanol–water partition coefficient (Wildman–Crippen LogP) is 5.76. The van der Waals surface area contributed by atoms with E-state index in [1.54, 1.807) is 36.9 Å². The Balaban J connectivity index is 1.27. The molecule has 0 fully saturated rings. The highest BCUT2D eigenvalue weighted by molar-refractivity contribution is 7.99. The van der Waals surface area contributed by atoms with Crippen molar-refractivity contribution in [3.05, 3.63) is 90.2 Å². The second-order valence-electron chi connectivity index (χ2n) is 7.22. The van der Waals surface area contributed by atoms with Crippen LogP contribution in [-0.2, 0) is 6.54 Å². The summed E-state index contributed by atoms with van der Waals surface area (Å²) in [5.41, 5.74) is 0.939. The van der Waals surface area contributed by atoms with Crippen LogP contribution in [0.25, 0.3) is 11.3 Å². The lowest BCUT2D eigenvalue weighted by Crippen LogP contribution is -2.28. The Morgan fingerprint density at radius 1 is 0.838 bits per heavy atom. The topological polar surface area (TPSA) is 115 Å². The number of nitrogens with zero attached hydrogens (tertiary/aromatic N) is 6. The van der Waals surface area contributed by atoms with Gasteiger partial charge in [-0.1, -0.05) is 11.6 Å². The fourth-order valence-corrected chi connectivity index (χ4v) is 4.78. The third-order valence-corrected chi connectivity index (χ3v) is 6.72. The zero-order valence-electron chi connectivity index (χ0n) is 18.9. The molecule has 0 radical (unpaired) electrons. The average molecular weight is 565 g/mol. The van der Waals surface area contributed by atoms with Crippen molar-refractivity contribution in [1.29, 1.82) is 0 Å². The quantitative estimate of drug-likeness (QED) is 0.136. The number of aromatic nitrogens is 6. The van der Waals surface area contributed by atoms with Crippen molar-refractivity contribution >= 4 is 58.4 Å². The number of hydrogen-bond donors (Lipinski definition) is 2. The first-order valence-corrected chi connectivity index (χ1v) is 13.2. The summed E-state index contributed by atoms with van der Waals surface area (Å²) in [5, 5.41) is 9.59. The summed E-state index contributed by atoms with van der Waals surface area (Å²) < 4.78 is 5.92. The summed E-state index contributed by atoms with van der Waals surface area (Å²) in [7, 11) is 0. The third-order valence-electron chi connectivity index (χ3n) is 4.59. The molecule has 5 rings (SSSR count). The Morgan fingerprint density at radius 2 is 1.43 bits per heavy atom. The Kier molecular flexibility index (Phi) is 8.21. The molecule has 0 saturated heterocycles.